The van der Waals surface area contributed by atoms with Crippen molar-refractivity contribution in [2.75, 3.05) is 19.7 Å². The molecular formula is C14H25N3O2. The fourth-order valence-corrected chi connectivity index (χ4v) is 2.41. The first-order valence-corrected chi connectivity index (χ1v) is 7.22. The molecule has 19 heavy (non-hydrogen) atoms. The van der Waals surface area contributed by atoms with E-state index in [1.54, 1.807) is 0 Å². The standard InChI is InChI=1S/C14H25N3O2/c1-5-6-7-12-15-13(19-16-12)11(2)17-8-9-18-14(3,4)10-17/h11H,5-10H2,1-4H3. The summed E-state index contributed by atoms with van der Waals surface area (Å²) >= 11 is 0. The summed E-state index contributed by atoms with van der Waals surface area (Å²) in [5, 5.41) is 4.06. The van der Waals surface area contributed by atoms with Crippen molar-refractivity contribution in [3.63, 3.8) is 0 Å². The number of hydrogen-bond donors (Lipinski definition) is 0. The van der Waals surface area contributed by atoms with Crippen molar-refractivity contribution in [2.24, 2.45) is 0 Å². The van der Waals surface area contributed by atoms with Crippen molar-refractivity contribution in [1.82, 2.24) is 15.0 Å². The lowest BCUT2D eigenvalue weighted by Crippen LogP contribution is -2.49. The third kappa shape index (κ3) is 3.76. The van der Waals surface area contributed by atoms with Crippen LogP contribution in [0.2, 0.25) is 0 Å². The Morgan fingerprint density at radius 3 is 2.89 bits per heavy atom. The van der Waals surface area contributed by atoms with Crippen molar-refractivity contribution in [1.29, 1.82) is 0 Å². The Kier molecular flexibility index (Phi) is 4.58. The van der Waals surface area contributed by atoms with Crippen LogP contribution in [0.1, 0.15) is 58.3 Å². The first-order valence-electron chi connectivity index (χ1n) is 7.22. The molecule has 2 rings (SSSR count). The van der Waals surface area contributed by atoms with Crippen molar-refractivity contribution >= 4 is 0 Å². The van der Waals surface area contributed by atoms with Gasteiger partial charge in [-0.2, -0.15) is 4.98 Å². The third-order valence-electron chi connectivity index (χ3n) is 3.60. The van der Waals surface area contributed by atoms with E-state index in [4.69, 9.17) is 9.26 Å². The van der Waals surface area contributed by atoms with E-state index >= 15 is 0 Å². The maximum Gasteiger partial charge on any atom is 0.243 e. The number of hydrogen-bond acceptors (Lipinski definition) is 5. The van der Waals surface area contributed by atoms with Gasteiger partial charge in [-0.25, -0.2) is 0 Å². The number of aryl methyl sites for hydroxylation is 1. The summed E-state index contributed by atoms with van der Waals surface area (Å²) in [4.78, 5) is 6.86. The third-order valence-corrected chi connectivity index (χ3v) is 3.60. The Morgan fingerprint density at radius 2 is 2.21 bits per heavy atom. The molecule has 0 saturated carbocycles. The molecule has 1 fully saturated rings. The number of nitrogens with zero attached hydrogens (tertiary/aromatic N) is 3. The van der Waals surface area contributed by atoms with E-state index in [9.17, 15) is 0 Å². The first-order chi connectivity index (χ1) is 9.02. The van der Waals surface area contributed by atoms with Crippen molar-refractivity contribution in [3.05, 3.63) is 11.7 Å². The van der Waals surface area contributed by atoms with Gasteiger partial charge in [-0.05, 0) is 27.2 Å². The summed E-state index contributed by atoms with van der Waals surface area (Å²) in [5.41, 5.74) is -0.0996. The number of ether oxygens (including phenoxy) is 1. The monoisotopic (exact) mass is 267 g/mol. The first kappa shape index (κ1) is 14.5. The predicted octanol–water partition coefficient (Wildman–Crippen LogP) is 2.58. The van der Waals surface area contributed by atoms with Crippen LogP contribution in [0.25, 0.3) is 0 Å². The van der Waals surface area contributed by atoms with Crippen LogP contribution in [0.4, 0.5) is 0 Å². The summed E-state index contributed by atoms with van der Waals surface area (Å²) in [6.45, 7) is 11.1. The van der Waals surface area contributed by atoms with E-state index in [0.29, 0.717) is 0 Å². The lowest BCUT2D eigenvalue weighted by molar-refractivity contribution is -0.0983. The Morgan fingerprint density at radius 1 is 1.42 bits per heavy atom. The minimum Gasteiger partial charge on any atom is -0.373 e. The number of aromatic nitrogens is 2. The van der Waals surface area contributed by atoms with E-state index < -0.39 is 0 Å². The van der Waals surface area contributed by atoms with Crippen molar-refractivity contribution in [3.8, 4) is 0 Å². The fourth-order valence-electron chi connectivity index (χ4n) is 2.41. The Bertz CT molecular complexity index is 403. The molecule has 0 spiro atoms. The minimum absolute atomic E-state index is 0.0996. The smallest absolute Gasteiger partial charge is 0.243 e. The highest BCUT2D eigenvalue weighted by molar-refractivity contribution is 4.94. The Balaban J connectivity index is 1.98. The van der Waals surface area contributed by atoms with E-state index in [1.807, 2.05) is 0 Å². The van der Waals surface area contributed by atoms with Crippen LogP contribution in [-0.2, 0) is 11.2 Å². The highest BCUT2D eigenvalue weighted by atomic mass is 16.5. The van der Waals surface area contributed by atoms with Gasteiger partial charge in [0.25, 0.3) is 0 Å². The molecule has 5 nitrogen and oxygen atoms in total. The topological polar surface area (TPSA) is 51.4 Å². The lowest BCUT2D eigenvalue weighted by atomic mass is 10.1. The van der Waals surface area contributed by atoms with Gasteiger partial charge < -0.3 is 9.26 Å². The summed E-state index contributed by atoms with van der Waals surface area (Å²) < 4.78 is 11.1. The molecule has 1 atom stereocenters. The second kappa shape index (κ2) is 6.01. The summed E-state index contributed by atoms with van der Waals surface area (Å²) in [6, 6.07) is 0.158. The molecule has 1 aromatic heterocycles. The van der Waals surface area contributed by atoms with E-state index in [2.05, 4.69) is 42.7 Å². The quantitative estimate of drug-likeness (QED) is 0.820. The van der Waals surface area contributed by atoms with Gasteiger partial charge in [-0.3, -0.25) is 4.90 Å². The van der Waals surface area contributed by atoms with Gasteiger partial charge in [0.1, 0.15) is 0 Å². The van der Waals surface area contributed by atoms with Crippen LogP contribution in [0.5, 0.6) is 0 Å². The van der Waals surface area contributed by atoms with E-state index in [1.165, 1.54) is 0 Å². The van der Waals surface area contributed by atoms with Crippen LogP contribution in [-0.4, -0.2) is 40.3 Å². The van der Waals surface area contributed by atoms with Crippen LogP contribution < -0.4 is 0 Å². The van der Waals surface area contributed by atoms with Gasteiger partial charge in [0.2, 0.25) is 5.89 Å². The Hall–Kier alpha value is -0.940. The van der Waals surface area contributed by atoms with E-state index in [-0.39, 0.29) is 11.6 Å². The summed E-state index contributed by atoms with van der Waals surface area (Å²) in [7, 11) is 0. The van der Waals surface area contributed by atoms with Crippen LogP contribution >= 0.6 is 0 Å². The van der Waals surface area contributed by atoms with Gasteiger partial charge in [0.15, 0.2) is 5.82 Å². The molecule has 0 N–H and O–H groups in total. The maximum absolute atomic E-state index is 5.73. The molecule has 0 radical (unpaired) electrons. The van der Waals surface area contributed by atoms with Gasteiger partial charge in [0.05, 0.1) is 18.2 Å². The zero-order valence-corrected chi connectivity index (χ0v) is 12.5. The Labute approximate surface area is 115 Å². The fraction of sp³-hybridized carbons (Fsp3) is 0.857. The SMILES string of the molecule is CCCCc1noc(C(C)N2CCOC(C)(C)C2)n1. The highest BCUT2D eigenvalue weighted by Gasteiger charge is 2.32. The number of rotatable bonds is 5. The molecule has 1 aromatic rings. The predicted molar refractivity (Wildman–Crippen MR) is 72.9 cm³/mol. The average molecular weight is 267 g/mol. The van der Waals surface area contributed by atoms with Gasteiger partial charge in [-0.1, -0.05) is 18.5 Å². The largest absolute Gasteiger partial charge is 0.373 e. The van der Waals surface area contributed by atoms with Crippen LogP contribution in [0.3, 0.4) is 0 Å². The molecule has 2 heterocycles. The molecule has 0 amide bonds. The molecule has 0 aromatic carbocycles. The second-order valence-electron chi connectivity index (χ2n) is 5.91. The van der Waals surface area contributed by atoms with Crippen molar-refractivity contribution < 1.29 is 9.26 Å². The van der Waals surface area contributed by atoms with Gasteiger partial charge >= 0.3 is 0 Å². The zero-order valence-electron chi connectivity index (χ0n) is 12.5. The minimum atomic E-state index is -0.0996. The lowest BCUT2D eigenvalue weighted by Gasteiger charge is -2.40. The highest BCUT2D eigenvalue weighted by Crippen LogP contribution is 2.25. The molecule has 5 heteroatoms. The second-order valence-corrected chi connectivity index (χ2v) is 5.91. The molecule has 1 aliphatic rings. The number of morpholine rings is 1. The molecule has 108 valence electrons. The summed E-state index contributed by atoms with van der Waals surface area (Å²) in [6.07, 6.45) is 3.16. The van der Waals surface area contributed by atoms with E-state index in [0.717, 1.165) is 50.7 Å². The average Bonchev–Trinajstić information content (AvgIpc) is 2.83. The maximum atomic E-state index is 5.73. The normalized spacial score (nSPS) is 21.5. The van der Waals surface area contributed by atoms with Crippen LogP contribution in [0.15, 0.2) is 4.52 Å². The van der Waals surface area contributed by atoms with Gasteiger partial charge in [0, 0.05) is 19.5 Å². The molecule has 1 unspecified atom stereocenters. The van der Waals surface area contributed by atoms with Gasteiger partial charge in [-0.15, -0.1) is 0 Å². The molecule has 0 aliphatic carbocycles. The molecular weight excluding hydrogens is 242 g/mol. The van der Waals surface area contributed by atoms with Crippen LogP contribution in [0, 0.1) is 0 Å². The molecule has 1 saturated heterocycles. The number of unbranched alkanes of at least 4 members (excludes halogenated alkanes) is 1. The molecule has 0 bridgehead atoms. The van der Waals surface area contributed by atoms with Crippen molar-refractivity contribution in [2.45, 2.75) is 58.6 Å². The zero-order chi connectivity index (χ0) is 13.9. The molecule has 1 aliphatic heterocycles. The summed E-state index contributed by atoms with van der Waals surface area (Å²) in [5.74, 6) is 1.56.